The van der Waals surface area contributed by atoms with Crippen LogP contribution in [0.3, 0.4) is 0 Å². The molecule has 10 heterocycles. The predicted octanol–water partition coefficient (Wildman–Crippen LogP) is 15.2. The van der Waals surface area contributed by atoms with Crippen molar-refractivity contribution in [1.82, 2.24) is 101 Å². The highest BCUT2D eigenvalue weighted by Gasteiger charge is 2.42. The van der Waals surface area contributed by atoms with Gasteiger partial charge in [-0.2, -0.15) is 0 Å². The molecule has 35 heteroatoms. The van der Waals surface area contributed by atoms with Crippen LogP contribution in [0.15, 0.2) is 183 Å². The summed E-state index contributed by atoms with van der Waals surface area (Å²) in [5, 5.41) is 23.4. The van der Waals surface area contributed by atoms with Crippen molar-refractivity contribution in [3.63, 3.8) is 0 Å². The average molecular weight is 1770 g/mol. The third-order valence-corrected chi connectivity index (χ3v) is 23.4. The lowest BCUT2D eigenvalue weighted by molar-refractivity contribution is -0.140. The number of nitrogens with one attached hydrogen (secondary N) is 8. The molecule has 0 bridgehead atoms. The van der Waals surface area contributed by atoms with Crippen molar-refractivity contribution in [1.29, 1.82) is 0 Å². The summed E-state index contributed by atoms with van der Waals surface area (Å²) < 4.78 is 24.2. The van der Waals surface area contributed by atoms with Gasteiger partial charge < -0.3 is 84.7 Å². The van der Waals surface area contributed by atoms with Gasteiger partial charge in [-0.05, 0) is 163 Å². The summed E-state index contributed by atoms with van der Waals surface area (Å²) in [5.41, 5.74) is 11.7. The standard InChI is InChI=1S/C45H48N10O6.C42H49N7O5.C8H9N3O4/c1-26(2)38(52-44(58)60-3)42(56)54-19-5-7-36(54)41-49-25-34(51-41)32-16-15-30-21-29(13-14-31(30)22-32)27-9-11-28(12-10-27)33-24-48-40(50-33)37-8-6-20-55(37)43(57)39(53-45(59)61-4)35-23-46-17-18-47-35;1-25(2)36(47-40(51)53-6)39(50)48-19-7-9-34(48)37-44-24-33(46-37)31-18-17-29-21-28(15-16-30(29)22-31)26-11-13-27(14-12-26)32-23-43-38(45-32)35-10-8-20-49(35)41(52)54-42(3,4)5;1-15-8(14)11-6(7(12)13)5-4-9-2-3-10-5/h9-18,21-26,36-39H,5-8,19-20H2,1-4H3,(H,48,50)(H,49,51)(H,52,58)(H,53,59);11-18,21-25,34-36H,7-10,19-20H2,1-6H3,(H,43,45)(H,44,46)(H,47,51);2-4,6H,1H3,(H,11,14)(H,12,13)/t36-,37-,38-,39?;34-,35-,36-;/m00./s1. The van der Waals surface area contributed by atoms with Gasteiger partial charge in [0.1, 0.15) is 41.0 Å². The van der Waals surface area contributed by atoms with Gasteiger partial charge >= 0.3 is 36.4 Å². The fourth-order valence-electron chi connectivity index (χ4n) is 16.7. The van der Waals surface area contributed by atoms with Crippen molar-refractivity contribution >= 4 is 75.7 Å². The minimum atomic E-state index is -1.26. The number of benzene rings is 6. The number of aliphatic carboxylic acids is 1. The van der Waals surface area contributed by atoms with Crippen LogP contribution in [0, 0.1) is 11.8 Å². The Kier molecular flexibility index (Phi) is 28.6. The molecule has 4 aliphatic heterocycles. The van der Waals surface area contributed by atoms with E-state index in [0.717, 1.165) is 158 Å². The third-order valence-electron chi connectivity index (χ3n) is 23.4. The maximum Gasteiger partial charge on any atom is 0.410 e. The molecule has 6 aromatic heterocycles. The number of ether oxygens (including phenoxy) is 5. The maximum atomic E-state index is 13.9. The second kappa shape index (κ2) is 40.8. The summed E-state index contributed by atoms with van der Waals surface area (Å²) in [6.07, 6.45) is 19.1. The number of amides is 8. The van der Waals surface area contributed by atoms with E-state index in [-0.39, 0.29) is 65.5 Å². The van der Waals surface area contributed by atoms with E-state index in [9.17, 15) is 43.2 Å². The quantitative estimate of drug-likeness (QED) is 0.0285. The Bertz CT molecular complexity index is 6030. The van der Waals surface area contributed by atoms with E-state index in [0.29, 0.717) is 44.1 Å². The molecular weight excluding hydrogens is 1660 g/mol. The number of imidazole rings is 4. The molecule has 0 radical (unpaired) electrons. The SMILES string of the molecule is COC(=O)NC(C(=O)N1CCC[C@H]1c1ncc(-c2ccc(-c3ccc4cc(-c5cnc([C@@H]6CCCN6C(=O)[C@@H](NC(=O)OC)C(C)C)[nH]5)ccc4c3)cc2)[nH]1)c1cnccn1.COC(=O)NC(C(=O)O)c1cnccn1.COC(=O)N[C@H](C(=O)N1CCC[C@H]1c1ncc(-c2ccc3cc(-c4ccc(-c5cnc([C@@H]6CCCN6C(=O)OC(C)(C)C)[nH]5)cc4)ccc3c2)[nH]1)C(C)C. The van der Waals surface area contributed by atoms with Crippen molar-refractivity contribution in [2.45, 2.75) is 154 Å². The summed E-state index contributed by atoms with van der Waals surface area (Å²) in [6.45, 7) is 15.6. The third kappa shape index (κ3) is 21.3. The molecule has 130 heavy (non-hydrogen) atoms. The molecule has 35 nitrogen and oxygen atoms in total. The van der Waals surface area contributed by atoms with Crippen LogP contribution in [0.4, 0.5) is 24.0 Å². The molecule has 6 aromatic carbocycles. The summed E-state index contributed by atoms with van der Waals surface area (Å²) in [6, 6.07) is 37.7. The van der Waals surface area contributed by atoms with Gasteiger partial charge in [-0.1, -0.05) is 125 Å². The van der Waals surface area contributed by atoms with E-state index in [1.807, 2.05) is 76.9 Å². The Labute approximate surface area is 750 Å². The fraction of sp³-hybridized carbons (Fsp3) is 0.358. The zero-order chi connectivity index (χ0) is 92.0. The van der Waals surface area contributed by atoms with Crippen molar-refractivity contribution in [2.75, 3.05) is 54.6 Å². The van der Waals surface area contributed by atoms with Crippen LogP contribution in [-0.2, 0) is 42.9 Å². The zero-order valence-electron chi connectivity index (χ0n) is 74.1. The number of H-pyrrole nitrogens is 4. The lowest BCUT2D eigenvalue weighted by Crippen LogP contribution is -2.51. The van der Waals surface area contributed by atoms with Crippen LogP contribution in [0.5, 0.6) is 0 Å². The molecule has 0 saturated carbocycles. The number of hydrogen-bond donors (Lipinski definition) is 9. The minimum Gasteiger partial charge on any atom is -0.479 e. The number of carbonyl (C=O) groups excluding carboxylic acids is 8. The predicted molar refractivity (Wildman–Crippen MR) is 482 cm³/mol. The van der Waals surface area contributed by atoms with E-state index < -0.39 is 60.1 Å². The zero-order valence-corrected chi connectivity index (χ0v) is 74.1. The number of hydrogen-bond acceptors (Lipinski definition) is 22. The number of likely N-dealkylation sites (tertiary alicyclic amines) is 4. The normalized spacial score (nSPS) is 16.9. The molecule has 9 N–H and O–H groups in total. The molecule has 2 unspecified atom stereocenters. The minimum absolute atomic E-state index is 0.0963. The summed E-state index contributed by atoms with van der Waals surface area (Å²) >= 11 is 0. The molecule has 12 aromatic rings. The Morgan fingerprint density at radius 1 is 0.369 bits per heavy atom. The Morgan fingerprint density at radius 3 is 1.01 bits per heavy atom. The number of aromatic amines is 4. The van der Waals surface area contributed by atoms with Crippen LogP contribution < -0.4 is 21.3 Å². The molecular formula is C95H106N20O15. The number of carboxylic acid groups (broad SMARTS) is 1. The molecule has 676 valence electrons. The van der Waals surface area contributed by atoms with E-state index >= 15 is 0 Å². The van der Waals surface area contributed by atoms with Gasteiger partial charge in [-0.3, -0.25) is 39.2 Å². The molecule has 4 saturated heterocycles. The lowest BCUT2D eigenvalue weighted by atomic mass is 9.98. The van der Waals surface area contributed by atoms with Gasteiger partial charge in [0.15, 0.2) is 12.1 Å². The monoisotopic (exact) mass is 1770 g/mol. The average Bonchev–Trinajstić information content (AvgIpc) is 1.46. The lowest BCUT2D eigenvalue weighted by Gasteiger charge is -2.30. The first-order valence-corrected chi connectivity index (χ1v) is 43.2. The van der Waals surface area contributed by atoms with Crippen LogP contribution in [0.1, 0.15) is 171 Å². The topological polar surface area (TPSA) is 447 Å². The number of carboxylic acids is 1. The Morgan fingerprint density at radius 2 is 0.669 bits per heavy atom. The first kappa shape index (κ1) is 91.3. The first-order valence-electron chi connectivity index (χ1n) is 43.2. The first-order chi connectivity index (χ1) is 62.6. The summed E-state index contributed by atoms with van der Waals surface area (Å²) in [7, 11) is 4.98. The largest absolute Gasteiger partial charge is 0.479 e. The van der Waals surface area contributed by atoms with Gasteiger partial charge in [0.2, 0.25) is 11.8 Å². The smallest absolute Gasteiger partial charge is 0.410 e. The number of methoxy groups -OCH3 is 4. The van der Waals surface area contributed by atoms with Gasteiger partial charge in [0.25, 0.3) is 5.91 Å². The van der Waals surface area contributed by atoms with Crippen LogP contribution in [0.2, 0.25) is 0 Å². The van der Waals surface area contributed by atoms with Gasteiger partial charge in [-0.15, -0.1) is 0 Å². The second-order valence-electron chi connectivity index (χ2n) is 33.8. The highest BCUT2D eigenvalue weighted by atomic mass is 16.6. The van der Waals surface area contributed by atoms with Crippen LogP contribution in [-0.4, -0.2) is 211 Å². The van der Waals surface area contributed by atoms with Crippen molar-refractivity contribution in [3.05, 3.63) is 218 Å². The van der Waals surface area contributed by atoms with Gasteiger partial charge in [-0.25, -0.2) is 48.7 Å². The van der Waals surface area contributed by atoms with Crippen molar-refractivity contribution < 1.29 is 71.9 Å². The number of alkyl carbamates (subject to hydrolysis) is 4. The van der Waals surface area contributed by atoms with Gasteiger partial charge in [0.05, 0.1) is 124 Å². The number of carbonyl (C=O) groups is 9. The Hall–Kier alpha value is -14.9. The highest BCUT2D eigenvalue weighted by Crippen LogP contribution is 2.40. The summed E-state index contributed by atoms with van der Waals surface area (Å²) in [5.74, 6) is 0.877. The second-order valence-corrected chi connectivity index (χ2v) is 33.8. The van der Waals surface area contributed by atoms with E-state index in [4.69, 9.17) is 34.0 Å². The number of aromatic nitrogens is 12. The van der Waals surface area contributed by atoms with E-state index in [2.05, 4.69) is 197 Å². The molecule has 4 aliphatic rings. The maximum absolute atomic E-state index is 13.9. The Balaban J connectivity index is 0.000000182. The van der Waals surface area contributed by atoms with E-state index in [1.165, 1.54) is 58.5 Å². The van der Waals surface area contributed by atoms with Crippen LogP contribution in [0.25, 0.3) is 88.8 Å². The summed E-state index contributed by atoms with van der Waals surface area (Å²) in [4.78, 5) is 167. The number of rotatable bonds is 22. The fourth-order valence-corrected chi connectivity index (χ4v) is 16.7. The molecule has 16 rings (SSSR count). The number of nitrogens with zero attached hydrogens (tertiary/aromatic N) is 12. The molecule has 8 atom stereocenters. The van der Waals surface area contributed by atoms with Crippen molar-refractivity contribution in [2.24, 2.45) is 11.8 Å². The highest BCUT2D eigenvalue weighted by molar-refractivity contribution is 5.94. The molecule has 4 fully saturated rings. The number of fused-ring (bicyclic) bond motifs is 2. The molecule has 0 spiro atoms. The van der Waals surface area contributed by atoms with E-state index in [1.54, 1.807) is 16.0 Å². The molecule has 0 aliphatic carbocycles. The van der Waals surface area contributed by atoms with Crippen LogP contribution >= 0.6 is 0 Å². The van der Waals surface area contributed by atoms with Crippen molar-refractivity contribution in [3.8, 4) is 67.3 Å². The van der Waals surface area contributed by atoms with Gasteiger partial charge in [0, 0.05) is 62.1 Å². The molecule has 8 amide bonds.